The summed E-state index contributed by atoms with van der Waals surface area (Å²) in [5.74, 6) is -1.32. The lowest BCUT2D eigenvalue weighted by Crippen LogP contribution is -2.11. The normalized spacial score (nSPS) is 10.8. The van der Waals surface area contributed by atoms with Crippen LogP contribution >= 0.6 is 0 Å². The maximum atomic E-state index is 11.6. The van der Waals surface area contributed by atoms with E-state index in [1.54, 1.807) is 0 Å². The molecule has 2 rings (SSSR count). The van der Waals surface area contributed by atoms with Crippen LogP contribution in [0.2, 0.25) is 0 Å². The van der Waals surface area contributed by atoms with E-state index in [1.165, 1.54) is 60.7 Å². The van der Waals surface area contributed by atoms with Crippen molar-refractivity contribution in [3.63, 3.8) is 0 Å². The van der Waals surface area contributed by atoms with Gasteiger partial charge in [-0.1, -0.05) is 0 Å². The lowest BCUT2D eigenvalue weighted by atomic mass is 10.2. The Kier molecular flexibility index (Phi) is 7.94. The maximum Gasteiger partial charge on any atom is 0.330 e. The Bertz CT molecular complexity index is 897. The molecule has 0 N–H and O–H groups in total. The van der Waals surface area contributed by atoms with Crippen LogP contribution in [0.1, 0.15) is 11.1 Å². The number of rotatable bonds is 9. The third kappa shape index (κ3) is 7.35. The molecule has 0 aliphatic carbocycles. The summed E-state index contributed by atoms with van der Waals surface area (Å²) in [5.41, 5.74) is 1.05. The van der Waals surface area contributed by atoms with E-state index in [1.807, 2.05) is 0 Å². The molecule has 0 aliphatic rings. The molecule has 0 heterocycles. The zero-order chi connectivity index (χ0) is 21.9. The number of nitro benzene ring substituents is 2. The van der Waals surface area contributed by atoms with E-state index in [2.05, 4.69) is 0 Å². The van der Waals surface area contributed by atoms with Gasteiger partial charge in [0.2, 0.25) is 0 Å². The number of carbonyl (C=O) groups is 2. The third-order valence-electron chi connectivity index (χ3n) is 3.60. The second-order valence-corrected chi connectivity index (χ2v) is 5.70. The first-order chi connectivity index (χ1) is 14.3. The van der Waals surface area contributed by atoms with E-state index in [9.17, 15) is 29.8 Å². The Morgan fingerprint density at radius 3 is 1.33 bits per heavy atom. The van der Waals surface area contributed by atoms with Gasteiger partial charge in [-0.05, 0) is 47.5 Å². The van der Waals surface area contributed by atoms with Crippen molar-refractivity contribution in [2.75, 3.05) is 13.2 Å². The molecule has 0 unspecified atom stereocenters. The monoisotopic (exact) mass is 412 g/mol. The number of nitrogens with zero attached hydrogens (tertiary/aromatic N) is 2. The summed E-state index contributed by atoms with van der Waals surface area (Å²) < 4.78 is 9.75. The molecule has 154 valence electrons. The second kappa shape index (κ2) is 10.9. The Labute approximate surface area is 170 Å². The van der Waals surface area contributed by atoms with E-state index in [0.29, 0.717) is 11.1 Å². The predicted octanol–water partition coefficient (Wildman–Crippen LogP) is 3.32. The summed E-state index contributed by atoms with van der Waals surface area (Å²) in [6.45, 7) is -0.304. The molecule has 0 radical (unpaired) electrons. The van der Waals surface area contributed by atoms with Crippen LogP contribution in [0.3, 0.4) is 0 Å². The van der Waals surface area contributed by atoms with Crippen molar-refractivity contribution in [3.05, 3.63) is 92.0 Å². The zero-order valence-electron chi connectivity index (χ0n) is 15.5. The highest BCUT2D eigenvalue weighted by atomic mass is 16.6. The highest BCUT2D eigenvalue weighted by Gasteiger charge is 2.05. The van der Waals surface area contributed by atoms with Crippen LogP contribution < -0.4 is 0 Å². The first-order valence-corrected chi connectivity index (χ1v) is 8.54. The van der Waals surface area contributed by atoms with Crippen molar-refractivity contribution in [2.45, 2.75) is 0 Å². The first-order valence-electron chi connectivity index (χ1n) is 8.54. The molecule has 0 saturated carbocycles. The molecular weight excluding hydrogens is 396 g/mol. The molecule has 0 aliphatic heterocycles. The fourth-order valence-electron chi connectivity index (χ4n) is 2.12. The minimum atomic E-state index is -0.661. The minimum absolute atomic E-state index is 0.0563. The lowest BCUT2D eigenvalue weighted by Gasteiger charge is -2.02. The summed E-state index contributed by atoms with van der Waals surface area (Å²) in [6, 6.07) is 11.2. The van der Waals surface area contributed by atoms with Gasteiger partial charge in [0.25, 0.3) is 11.4 Å². The van der Waals surface area contributed by atoms with Gasteiger partial charge in [0.15, 0.2) is 0 Å². The maximum absolute atomic E-state index is 11.6. The van der Waals surface area contributed by atoms with Crippen molar-refractivity contribution in [3.8, 4) is 0 Å². The van der Waals surface area contributed by atoms with Crippen LogP contribution in [0.25, 0.3) is 12.2 Å². The van der Waals surface area contributed by atoms with Gasteiger partial charge in [0.05, 0.1) is 9.85 Å². The van der Waals surface area contributed by atoms with Crippen LogP contribution in [-0.2, 0) is 19.1 Å². The molecule has 0 saturated heterocycles. The molecule has 0 amide bonds. The van der Waals surface area contributed by atoms with E-state index >= 15 is 0 Å². The first kappa shape index (κ1) is 22.0. The molecule has 0 atom stereocenters. The van der Waals surface area contributed by atoms with Crippen molar-refractivity contribution in [2.24, 2.45) is 0 Å². The lowest BCUT2D eigenvalue weighted by molar-refractivity contribution is -0.385. The number of nitro groups is 2. The highest BCUT2D eigenvalue weighted by Crippen LogP contribution is 2.13. The zero-order valence-corrected chi connectivity index (χ0v) is 15.5. The Hall–Kier alpha value is -4.34. The topological polar surface area (TPSA) is 139 Å². The van der Waals surface area contributed by atoms with Gasteiger partial charge in [0.1, 0.15) is 13.2 Å². The number of carbonyl (C=O) groups excluding carboxylic acids is 2. The van der Waals surface area contributed by atoms with Crippen LogP contribution in [0, 0.1) is 20.2 Å². The van der Waals surface area contributed by atoms with Crippen LogP contribution in [0.15, 0.2) is 60.7 Å². The molecule has 10 nitrogen and oxygen atoms in total. The molecule has 2 aromatic carbocycles. The molecule has 0 aromatic heterocycles. The van der Waals surface area contributed by atoms with Gasteiger partial charge in [-0.25, -0.2) is 9.59 Å². The largest absolute Gasteiger partial charge is 0.459 e. The van der Waals surface area contributed by atoms with Crippen LogP contribution in [0.4, 0.5) is 11.4 Å². The molecule has 30 heavy (non-hydrogen) atoms. The van der Waals surface area contributed by atoms with Crippen molar-refractivity contribution in [1.29, 1.82) is 0 Å². The number of hydrogen-bond donors (Lipinski definition) is 0. The van der Waals surface area contributed by atoms with Gasteiger partial charge in [-0.2, -0.15) is 0 Å². The summed E-state index contributed by atoms with van der Waals surface area (Å²) in [7, 11) is 0. The molecule has 10 heteroatoms. The van der Waals surface area contributed by atoms with E-state index < -0.39 is 21.8 Å². The number of non-ortho nitro benzene ring substituents is 2. The number of esters is 2. The minimum Gasteiger partial charge on any atom is -0.459 e. The predicted molar refractivity (Wildman–Crippen MR) is 106 cm³/mol. The summed E-state index contributed by atoms with van der Waals surface area (Å²) >= 11 is 0. The number of hydrogen-bond acceptors (Lipinski definition) is 8. The fraction of sp³-hybridized carbons (Fsp3) is 0.100. The average Bonchev–Trinajstić information content (AvgIpc) is 2.74. The second-order valence-electron chi connectivity index (χ2n) is 5.70. The van der Waals surface area contributed by atoms with Crippen molar-refractivity contribution >= 4 is 35.5 Å². The number of ether oxygens (including phenoxy) is 2. The van der Waals surface area contributed by atoms with Gasteiger partial charge in [-0.15, -0.1) is 0 Å². The van der Waals surface area contributed by atoms with Gasteiger partial charge >= 0.3 is 11.9 Å². The smallest absolute Gasteiger partial charge is 0.330 e. The third-order valence-corrected chi connectivity index (χ3v) is 3.60. The SMILES string of the molecule is O=C(/C=C/c1ccc([N+](=O)[O-])cc1)OCCOC(=O)/C=C/c1ccc([N+](=O)[O-])cc1. The molecule has 0 fully saturated rings. The summed E-state index contributed by atoms with van der Waals surface area (Å²) in [5, 5.41) is 21.1. The van der Waals surface area contributed by atoms with Gasteiger partial charge in [-0.3, -0.25) is 20.2 Å². The number of benzene rings is 2. The van der Waals surface area contributed by atoms with Crippen molar-refractivity contribution in [1.82, 2.24) is 0 Å². The summed E-state index contributed by atoms with van der Waals surface area (Å²) in [6.07, 6.45) is 5.17. The van der Waals surface area contributed by atoms with E-state index in [0.717, 1.165) is 12.2 Å². The van der Waals surface area contributed by atoms with Gasteiger partial charge in [0, 0.05) is 36.4 Å². The summed E-state index contributed by atoms with van der Waals surface area (Å²) in [4.78, 5) is 43.3. The van der Waals surface area contributed by atoms with Crippen LogP contribution in [-0.4, -0.2) is 35.0 Å². The van der Waals surface area contributed by atoms with Crippen molar-refractivity contribution < 1.29 is 28.9 Å². The Morgan fingerprint density at radius 2 is 1.03 bits per heavy atom. The molecule has 0 spiro atoms. The average molecular weight is 412 g/mol. The van der Waals surface area contributed by atoms with Crippen LogP contribution in [0.5, 0.6) is 0 Å². The molecular formula is C20H16N2O8. The van der Waals surface area contributed by atoms with Gasteiger partial charge < -0.3 is 9.47 Å². The molecule has 0 bridgehead atoms. The Morgan fingerprint density at radius 1 is 0.700 bits per heavy atom. The highest BCUT2D eigenvalue weighted by molar-refractivity contribution is 5.87. The quantitative estimate of drug-likeness (QED) is 0.201. The standard InChI is InChI=1S/C20H16N2O8/c23-19(11-5-15-1-7-17(8-2-15)21(25)26)29-13-14-30-20(24)12-6-16-3-9-18(10-4-16)22(27)28/h1-12H,13-14H2/b11-5+,12-6+. The Balaban J connectivity index is 1.69. The molecule has 2 aromatic rings. The van der Waals surface area contributed by atoms with E-state index in [4.69, 9.17) is 9.47 Å². The van der Waals surface area contributed by atoms with E-state index in [-0.39, 0.29) is 24.6 Å². The fourth-order valence-corrected chi connectivity index (χ4v) is 2.12.